The Morgan fingerprint density at radius 2 is 1.55 bits per heavy atom. The Morgan fingerprint density at radius 3 is 2.21 bits per heavy atom. The first kappa shape index (κ1) is 34.2. The summed E-state index contributed by atoms with van der Waals surface area (Å²) in [5.74, 6) is -0.835. The SMILES string of the molecule is C[C@H](NCCNC(=O)c1cc(C(=O)NCc2ccccc2)cc(N(c2ccc(F)cc2)S(=O)N2CCOCC2)c1)C(=O)NCC1CC1. The van der Waals surface area contributed by atoms with Crippen LogP contribution in [0.25, 0.3) is 0 Å². The minimum absolute atomic E-state index is 0.0868. The van der Waals surface area contributed by atoms with E-state index in [1.807, 2.05) is 30.3 Å². The number of halogens is 1. The van der Waals surface area contributed by atoms with Gasteiger partial charge in [-0.2, -0.15) is 0 Å². The molecule has 4 N–H and O–H groups in total. The summed E-state index contributed by atoms with van der Waals surface area (Å²) in [6, 6.07) is 19.2. The Labute approximate surface area is 277 Å². The number of amides is 3. The zero-order valence-electron chi connectivity index (χ0n) is 26.4. The molecule has 2 fully saturated rings. The van der Waals surface area contributed by atoms with E-state index in [4.69, 9.17) is 4.74 Å². The van der Waals surface area contributed by atoms with Crippen molar-refractivity contribution in [1.82, 2.24) is 25.6 Å². The van der Waals surface area contributed by atoms with Gasteiger partial charge in [0.05, 0.1) is 30.6 Å². The van der Waals surface area contributed by atoms with Gasteiger partial charge in [-0.25, -0.2) is 17.2 Å². The third-order valence-electron chi connectivity index (χ3n) is 7.90. The first-order chi connectivity index (χ1) is 22.8. The summed E-state index contributed by atoms with van der Waals surface area (Å²) in [5.41, 5.74) is 2.00. The van der Waals surface area contributed by atoms with Crippen molar-refractivity contribution < 1.29 is 27.7 Å². The number of hydrogen-bond acceptors (Lipinski definition) is 6. The van der Waals surface area contributed by atoms with Gasteiger partial charge in [0.2, 0.25) is 17.1 Å². The van der Waals surface area contributed by atoms with Crippen molar-refractivity contribution in [3.63, 3.8) is 0 Å². The lowest BCUT2D eigenvalue weighted by Crippen LogP contribution is -2.45. The summed E-state index contributed by atoms with van der Waals surface area (Å²) in [7, 11) is 0. The van der Waals surface area contributed by atoms with Crippen LogP contribution in [-0.2, 0) is 27.2 Å². The predicted octanol–water partition coefficient (Wildman–Crippen LogP) is 3.04. The van der Waals surface area contributed by atoms with Crippen molar-refractivity contribution in [3.05, 3.63) is 95.3 Å². The smallest absolute Gasteiger partial charge is 0.251 e. The maximum absolute atomic E-state index is 14.0. The van der Waals surface area contributed by atoms with E-state index in [0.29, 0.717) is 56.7 Å². The summed E-state index contributed by atoms with van der Waals surface area (Å²) >= 11 is -1.79. The Bertz CT molecular complexity index is 1550. The van der Waals surface area contributed by atoms with Gasteiger partial charge in [0.15, 0.2) is 0 Å². The van der Waals surface area contributed by atoms with E-state index >= 15 is 0 Å². The van der Waals surface area contributed by atoms with Crippen molar-refractivity contribution in [3.8, 4) is 0 Å². The topological polar surface area (TPSA) is 132 Å². The number of ether oxygens (including phenoxy) is 1. The molecule has 1 unspecified atom stereocenters. The van der Waals surface area contributed by atoms with Crippen LogP contribution in [0.5, 0.6) is 0 Å². The van der Waals surface area contributed by atoms with Gasteiger partial charge in [-0.1, -0.05) is 30.3 Å². The number of nitrogens with zero attached hydrogens (tertiary/aromatic N) is 2. The molecule has 1 heterocycles. The zero-order valence-corrected chi connectivity index (χ0v) is 27.2. The van der Waals surface area contributed by atoms with Crippen LogP contribution >= 0.6 is 0 Å². The molecule has 13 heteroatoms. The molecule has 3 aromatic carbocycles. The molecule has 1 aliphatic heterocycles. The molecule has 5 rings (SSSR count). The van der Waals surface area contributed by atoms with Gasteiger partial charge >= 0.3 is 0 Å². The van der Waals surface area contributed by atoms with E-state index in [1.54, 1.807) is 23.4 Å². The van der Waals surface area contributed by atoms with Gasteiger partial charge in [0.1, 0.15) is 5.82 Å². The average molecular weight is 665 g/mol. The quantitative estimate of drug-likeness (QED) is 0.185. The highest BCUT2D eigenvalue weighted by molar-refractivity contribution is 7.84. The second-order valence-electron chi connectivity index (χ2n) is 11.6. The van der Waals surface area contributed by atoms with Crippen LogP contribution in [-0.4, -0.2) is 78.2 Å². The number of carbonyl (C=O) groups excluding carboxylic acids is 3. The molecule has 3 amide bonds. The monoisotopic (exact) mass is 664 g/mol. The number of rotatable bonds is 15. The standard InChI is InChI=1S/C34H41FN6O5S/c1-24(32(42)38-23-26-7-8-26)36-13-14-37-33(43)27-19-28(34(44)39-22-25-5-3-2-4-6-25)21-31(20-27)41(30-11-9-29(35)10-12-30)47(45)40-15-17-46-18-16-40/h2-6,9-12,19-21,24,26,36H,7-8,13-18,22-23H2,1H3,(H,37,43)(H,38,42)(H,39,44)/t24-,47?/m0/s1. The molecule has 2 atom stereocenters. The fourth-order valence-corrected chi connectivity index (χ4v) is 6.25. The molecule has 3 aromatic rings. The van der Waals surface area contributed by atoms with E-state index in [9.17, 15) is 23.0 Å². The van der Waals surface area contributed by atoms with Crippen molar-refractivity contribution >= 4 is 40.3 Å². The lowest BCUT2D eigenvalue weighted by atomic mass is 10.1. The van der Waals surface area contributed by atoms with E-state index in [0.717, 1.165) is 18.4 Å². The lowest BCUT2D eigenvalue weighted by Gasteiger charge is -2.32. The van der Waals surface area contributed by atoms with Crippen LogP contribution in [0.15, 0.2) is 72.8 Å². The molecule has 11 nitrogen and oxygen atoms in total. The first-order valence-electron chi connectivity index (χ1n) is 15.9. The number of benzene rings is 3. The minimum Gasteiger partial charge on any atom is -0.379 e. The molecule has 1 aliphatic carbocycles. The van der Waals surface area contributed by atoms with Gasteiger partial charge in [-0.05, 0) is 73.7 Å². The zero-order chi connectivity index (χ0) is 33.2. The van der Waals surface area contributed by atoms with Crippen LogP contribution < -0.4 is 25.6 Å². The number of carbonyl (C=O) groups is 3. The molecule has 250 valence electrons. The molecule has 0 aromatic heterocycles. The number of anilines is 2. The van der Waals surface area contributed by atoms with E-state index in [2.05, 4.69) is 21.3 Å². The first-order valence-corrected chi connectivity index (χ1v) is 16.9. The molecule has 0 spiro atoms. The van der Waals surface area contributed by atoms with Gasteiger partial charge < -0.3 is 26.0 Å². The molecule has 2 aliphatic rings. The Hall–Kier alpha value is -4.17. The Balaban J connectivity index is 1.36. The van der Waals surface area contributed by atoms with E-state index < -0.39 is 34.8 Å². The summed E-state index contributed by atoms with van der Waals surface area (Å²) in [5, 5.41) is 11.8. The maximum Gasteiger partial charge on any atom is 0.251 e. The summed E-state index contributed by atoms with van der Waals surface area (Å²) < 4.78 is 36.6. The van der Waals surface area contributed by atoms with Crippen LogP contribution in [0, 0.1) is 11.7 Å². The predicted molar refractivity (Wildman–Crippen MR) is 179 cm³/mol. The molecule has 1 saturated carbocycles. The Kier molecular flexibility index (Phi) is 12.1. The van der Waals surface area contributed by atoms with Crippen LogP contribution in [0.1, 0.15) is 46.0 Å². The summed E-state index contributed by atoms with van der Waals surface area (Å²) in [6.45, 7) is 4.89. The van der Waals surface area contributed by atoms with Crippen LogP contribution in [0.3, 0.4) is 0 Å². The molecule has 0 radical (unpaired) electrons. The van der Waals surface area contributed by atoms with Crippen molar-refractivity contribution in [2.24, 2.45) is 5.92 Å². The van der Waals surface area contributed by atoms with Gasteiger partial charge in [-0.3, -0.25) is 14.4 Å². The normalized spacial score (nSPS) is 16.1. The number of hydrogen-bond donors (Lipinski definition) is 4. The lowest BCUT2D eigenvalue weighted by molar-refractivity contribution is -0.122. The minimum atomic E-state index is -1.79. The van der Waals surface area contributed by atoms with Crippen molar-refractivity contribution in [2.45, 2.75) is 32.4 Å². The summed E-state index contributed by atoms with van der Waals surface area (Å²) in [4.78, 5) is 39.2. The van der Waals surface area contributed by atoms with Gasteiger partial charge in [0.25, 0.3) is 11.8 Å². The fraction of sp³-hybridized carbons (Fsp3) is 0.382. The highest BCUT2D eigenvalue weighted by atomic mass is 32.2. The molecular weight excluding hydrogens is 623 g/mol. The highest BCUT2D eigenvalue weighted by Crippen LogP contribution is 2.31. The average Bonchev–Trinajstić information content (AvgIpc) is 3.94. The second kappa shape index (κ2) is 16.6. The molecule has 0 bridgehead atoms. The highest BCUT2D eigenvalue weighted by Gasteiger charge is 2.27. The number of morpholine rings is 1. The third kappa shape index (κ3) is 9.91. The fourth-order valence-electron chi connectivity index (χ4n) is 4.97. The molecule has 47 heavy (non-hydrogen) atoms. The van der Waals surface area contributed by atoms with E-state index in [-0.39, 0.29) is 30.1 Å². The molecule has 1 saturated heterocycles. The van der Waals surface area contributed by atoms with Gasteiger partial charge in [0, 0.05) is 50.4 Å². The van der Waals surface area contributed by atoms with Gasteiger partial charge in [-0.15, -0.1) is 0 Å². The third-order valence-corrected chi connectivity index (χ3v) is 9.44. The molecular formula is C34H41FN6O5S. The Morgan fingerprint density at radius 1 is 0.894 bits per heavy atom. The second-order valence-corrected chi connectivity index (χ2v) is 12.9. The maximum atomic E-state index is 14.0. The summed E-state index contributed by atoms with van der Waals surface area (Å²) in [6.07, 6.45) is 2.30. The van der Waals surface area contributed by atoms with Crippen molar-refractivity contribution in [2.75, 3.05) is 50.2 Å². The van der Waals surface area contributed by atoms with Crippen LogP contribution in [0.4, 0.5) is 15.8 Å². The largest absolute Gasteiger partial charge is 0.379 e. The van der Waals surface area contributed by atoms with E-state index in [1.165, 1.54) is 34.6 Å². The number of nitrogens with one attached hydrogen (secondary N) is 4. The van der Waals surface area contributed by atoms with Crippen molar-refractivity contribution in [1.29, 1.82) is 0 Å². The van der Waals surface area contributed by atoms with Crippen LogP contribution in [0.2, 0.25) is 0 Å².